The second-order valence-corrected chi connectivity index (χ2v) is 7.91. The topological polar surface area (TPSA) is 40.6 Å². The molecule has 2 amide bonds. The second kappa shape index (κ2) is 8.40. The molecule has 0 fully saturated rings. The molecule has 0 bridgehead atoms. The molecule has 0 atom stereocenters. The number of carbonyl (C=O) groups is 2. The van der Waals surface area contributed by atoms with Gasteiger partial charge in [-0.3, -0.25) is 9.59 Å². The molecule has 4 nitrogen and oxygen atoms in total. The van der Waals surface area contributed by atoms with Crippen LogP contribution in [0.3, 0.4) is 0 Å². The average Bonchev–Trinajstić information content (AvgIpc) is 3.02. The maximum Gasteiger partial charge on any atom is 0.282 e. The standard InChI is InChI=1S/C26H23ClN2O2/c1-4-28(21-10-6-5-7-11-21)24-23(19-13-15-20(27)16-14-19)25(30)29(26(24)31)22-12-8-9-17(2)18(22)3/h5-16H,4H2,1-3H3. The van der Waals surface area contributed by atoms with Crippen LogP contribution in [-0.2, 0) is 9.59 Å². The third-order valence-electron chi connectivity index (χ3n) is 5.66. The van der Waals surface area contributed by atoms with Crippen molar-refractivity contribution in [3.05, 3.63) is 100 Å². The van der Waals surface area contributed by atoms with E-state index in [0.29, 0.717) is 34.1 Å². The fourth-order valence-corrected chi connectivity index (χ4v) is 4.05. The third-order valence-corrected chi connectivity index (χ3v) is 5.92. The lowest BCUT2D eigenvalue weighted by atomic mass is 10.0. The molecule has 0 unspecified atom stereocenters. The Balaban J connectivity index is 1.93. The number of hydrogen-bond donors (Lipinski definition) is 0. The molecule has 0 spiro atoms. The number of benzene rings is 3. The molecule has 0 saturated heterocycles. The Morgan fingerprint density at radius 3 is 2.16 bits per heavy atom. The number of aryl methyl sites for hydroxylation is 1. The van der Waals surface area contributed by atoms with Crippen molar-refractivity contribution in [2.45, 2.75) is 20.8 Å². The molecule has 0 radical (unpaired) electrons. The third kappa shape index (κ3) is 3.64. The summed E-state index contributed by atoms with van der Waals surface area (Å²) < 4.78 is 0. The van der Waals surface area contributed by atoms with Gasteiger partial charge in [0.1, 0.15) is 5.70 Å². The first-order valence-corrected chi connectivity index (χ1v) is 10.6. The van der Waals surface area contributed by atoms with Gasteiger partial charge < -0.3 is 4.90 Å². The van der Waals surface area contributed by atoms with Gasteiger partial charge in [-0.15, -0.1) is 0 Å². The van der Waals surface area contributed by atoms with Crippen LogP contribution in [0.2, 0.25) is 5.02 Å². The maximum atomic E-state index is 13.8. The molecule has 0 saturated carbocycles. The van der Waals surface area contributed by atoms with E-state index < -0.39 is 0 Å². The van der Waals surface area contributed by atoms with E-state index in [1.165, 1.54) is 4.90 Å². The number of hydrogen-bond acceptors (Lipinski definition) is 3. The van der Waals surface area contributed by atoms with Gasteiger partial charge in [0.25, 0.3) is 11.8 Å². The van der Waals surface area contributed by atoms with Crippen molar-refractivity contribution >= 4 is 40.4 Å². The number of anilines is 2. The van der Waals surface area contributed by atoms with Gasteiger partial charge in [-0.1, -0.05) is 54.1 Å². The summed E-state index contributed by atoms with van der Waals surface area (Å²) in [4.78, 5) is 30.7. The zero-order chi connectivity index (χ0) is 22.1. The van der Waals surface area contributed by atoms with Crippen LogP contribution in [0, 0.1) is 13.8 Å². The summed E-state index contributed by atoms with van der Waals surface area (Å²) in [6.45, 7) is 6.41. The first kappa shape index (κ1) is 20.9. The summed E-state index contributed by atoms with van der Waals surface area (Å²) in [7, 11) is 0. The van der Waals surface area contributed by atoms with Crippen LogP contribution >= 0.6 is 11.6 Å². The molecule has 3 aromatic carbocycles. The van der Waals surface area contributed by atoms with Gasteiger partial charge in [0, 0.05) is 17.3 Å². The Hall–Kier alpha value is -3.37. The Bertz CT molecular complexity index is 1180. The van der Waals surface area contributed by atoms with Gasteiger partial charge in [-0.05, 0) is 67.8 Å². The Morgan fingerprint density at radius 2 is 1.52 bits per heavy atom. The summed E-state index contributed by atoms with van der Waals surface area (Å²) in [6.07, 6.45) is 0. The number of para-hydroxylation sites is 1. The van der Waals surface area contributed by atoms with Crippen molar-refractivity contribution in [2.24, 2.45) is 0 Å². The summed E-state index contributed by atoms with van der Waals surface area (Å²) in [6, 6.07) is 22.3. The minimum Gasteiger partial charge on any atom is -0.337 e. The van der Waals surface area contributed by atoms with E-state index in [1.54, 1.807) is 24.3 Å². The molecule has 31 heavy (non-hydrogen) atoms. The van der Waals surface area contributed by atoms with Crippen LogP contribution in [0.5, 0.6) is 0 Å². The summed E-state index contributed by atoms with van der Waals surface area (Å²) >= 11 is 6.08. The molecule has 4 rings (SSSR count). The molecule has 5 heteroatoms. The van der Waals surface area contributed by atoms with Crippen LogP contribution in [0.15, 0.2) is 78.5 Å². The lowest BCUT2D eigenvalue weighted by Gasteiger charge is -2.25. The predicted octanol–water partition coefficient (Wildman–Crippen LogP) is 5.77. The minimum atomic E-state index is -0.328. The SMILES string of the molecule is CCN(C1=C(c2ccc(Cl)cc2)C(=O)N(c2cccc(C)c2C)C1=O)c1ccccc1. The van der Waals surface area contributed by atoms with E-state index in [9.17, 15) is 9.59 Å². The van der Waals surface area contributed by atoms with E-state index >= 15 is 0 Å². The molecule has 0 aromatic heterocycles. The quantitative estimate of drug-likeness (QED) is 0.482. The fraction of sp³-hybridized carbons (Fsp3) is 0.154. The minimum absolute atomic E-state index is 0.325. The van der Waals surface area contributed by atoms with Crippen molar-refractivity contribution in [1.82, 2.24) is 0 Å². The monoisotopic (exact) mass is 430 g/mol. The van der Waals surface area contributed by atoms with Crippen molar-refractivity contribution in [3.8, 4) is 0 Å². The Kier molecular flexibility index (Phi) is 5.66. The van der Waals surface area contributed by atoms with E-state index in [0.717, 1.165) is 16.8 Å². The van der Waals surface area contributed by atoms with E-state index in [2.05, 4.69) is 0 Å². The zero-order valence-electron chi connectivity index (χ0n) is 17.7. The van der Waals surface area contributed by atoms with Gasteiger partial charge in [0.2, 0.25) is 0 Å². The highest BCUT2D eigenvalue weighted by Gasteiger charge is 2.43. The van der Waals surface area contributed by atoms with E-state index in [1.807, 2.05) is 74.2 Å². The van der Waals surface area contributed by atoms with Crippen LogP contribution in [0.25, 0.3) is 5.57 Å². The van der Waals surface area contributed by atoms with Crippen LogP contribution in [0.4, 0.5) is 11.4 Å². The number of imide groups is 1. The van der Waals surface area contributed by atoms with Crippen molar-refractivity contribution in [2.75, 3.05) is 16.3 Å². The normalized spacial score (nSPS) is 13.9. The van der Waals surface area contributed by atoms with Crippen LogP contribution < -0.4 is 9.80 Å². The number of nitrogens with zero attached hydrogens (tertiary/aromatic N) is 2. The lowest BCUT2D eigenvalue weighted by Crippen LogP contribution is -2.35. The highest BCUT2D eigenvalue weighted by Crippen LogP contribution is 2.38. The first-order chi connectivity index (χ1) is 14.9. The van der Waals surface area contributed by atoms with Gasteiger partial charge in [0.15, 0.2) is 0 Å². The van der Waals surface area contributed by atoms with Gasteiger partial charge in [-0.25, -0.2) is 4.90 Å². The smallest absolute Gasteiger partial charge is 0.282 e. The average molecular weight is 431 g/mol. The van der Waals surface area contributed by atoms with E-state index in [4.69, 9.17) is 11.6 Å². The molecule has 0 N–H and O–H groups in total. The van der Waals surface area contributed by atoms with Crippen molar-refractivity contribution < 1.29 is 9.59 Å². The molecule has 156 valence electrons. The number of halogens is 1. The van der Waals surface area contributed by atoms with Crippen LogP contribution in [0.1, 0.15) is 23.6 Å². The molecule has 1 aliphatic rings. The summed E-state index contributed by atoms with van der Waals surface area (Å²) in [5, 5.41) is 0.574. The lowest BCUT2D eigenvalue weighted by molar-refractivity contribution is -0.120. The Morgan fingerprint density at radius 1 is 0.839 bits per heavy atom. The number of rotatable bonds is 5. The second-order valence-electron chi connectivity index (χ2n) is 7.48. The van der Waals surface area contributed by atoms with E-state index in [-0.39, 0.29) is 11.8 Å². The molecule has 0 aliphatic carbocycles. The fourth-order valence-electron chi connectivity index (χ4n) is 3.92. The highest BCUT2D eigenvalue weighted by atomic mass is 35.5. The van der Waals surface area contributed by atoms with Crippen LogP contribution in [-0.4, -0.2) is 18.4 Å². The maximum absolute atomic E-state index is 13.8. The van der Waals surface area contributed by atoms with Gasteiger partial charge >= 0.3 is 0 Å². The van der Waals surface area contributed by atoms with Gasteiger partial charge in [0.05, 0.1) is 11.3 Å². The molecule has 1 aliphatic heterocycles. The summed E-state index contributed by atoms with van der Waals surface area (Å²) in [5.41, 5.74) is 4.82. The van der Waals surface area contributed by atoms with Crippen molar-refractivity contribution in [1.29, 1.82) is 0 Å². The first-order valence-electron chi connectivity index (χ1n) is 10.2. The summed E-state index contributed by atoms with van der Waals surface area (Å²) in [5.74, 6) is -0.653. The number of likely N-dealkylation sites (N-methyl/N-ethyl adjacent to an activating group) is 1. The van der Waals surface area contributed by atoms with Gasteiger partial charge in [-0.2, -0.15) is 0 Å². The largest absolute Gasteiger partial charge is 0.337 e. The Labute approximate surface area is 187 Å². The number of carbonyl (C=O) groups excluding carboxylic acids is 2. The molecule has 1 heterocycles. The predicted molar refractivity (Wildman–Crippen MR) is 126 cm³/mol. The van der Waals surface area contributed by atoms with Crippen molar-refractivity contribution in [3.63, 3.8) is 0 Å². The highest BCUT2D eigenvalue weighted by molar-refractivity contribution is 6.46. The molecular formula is C26H23ClN2O2. The molecule has 3 aromatic rings. The molecular weight excluding hydrogens is 408 g/mol. The number of amides is 2. The zero-order valence-corrected chi connectivity index (χ0v) is 18.5.